The van der Waals surface area contributed by atoms with Gasteiger partial charge in [-0.1, -0.05) is 23.3 Å². The summed E-state index contributed by atoms with van der Waals surface area (Å²) in [6.45, 7) is 1.13. The average Bonchev–Trinajstić information content (AvgIpc) is 2.85. The molecule has 6 nitrogen and oxygen atoms in total. The van der Waals surface area contributed by atoms with Crippen molar-refractivity contribution >= 4 is 6.01 Å². The molecule has 0 radical (unpaired) electrons. The standard InChI is InChI=1S/C12H16N4O2/c1-13-8-11-15-16-12(18-11)14-7-9-5-3-4-6-10(9)17-2/h3-6,13H,7-8H2,1-2H3,(H,14,16). The summed E-state index contributed by atoms with van der Waals surface area (Å²) in [6, 6.07) is 8.19. The Morgan fingerprint density at radius 3 is 2.83 bits per heavy atom. The van der Waals surface area contributed by atoms with Crippen molar-refractivity contribution in [3.8, 4) is 5.75 Å². The van der Waals surface area contributed by atoms with Crippen molar-refractivity contribution in [2.75, 3.05) is 19.5 Å². The van der Waals surface area contributed by atoms with Gasteiger partial charge < -0.3 is 19.8 Å². The van der Waals surface area contributed by atoms with Crippen molar-refractivity contribution in [3.05, 3.63) is 35.7 Å². The molecule has 0 bridgehead atoms. The third-order valence-electron chi connectivity index (χ3n) is 2.42. The number of ether oxygens (including phenoxy) is 1. The van der Waals surface area contributed by atoms with Gasteiger partial charge in [0.15, 0.2) is 0 Å². The summed E-state index contributed by atoms with van der Waals surface area (Å²) < 4.78 is 10.6. The zero-order chi connectivity index (χ0) is 12.8. The Hall–Kier alpha value is -2.08. The molecule has 2 aromatic rings. The molecule has 0 fully saturated rings. The molecule has 2 N–H and O–H groups in total. The first-order chi connectivity index (χ1) is 8.83. The molecule has 2 rings (SSSR count). The maximum absolute atomic E-state index is 5.38. The van der Waals surface area contributed by atoms with Crippen molar-refractivity contribution in [2.45, 2.75) is 13.1 Å². The fourth-order valence-corrected chi connectivity index (χ4v) is 1.57. The molecule has 0 atom stereocenters. The molecular formula is C12H16N4O2. The molecule has 0 unspecified atom stereocenters. The summed E-state index contributed by atoms with van der Waals surface area (Å²) in [5.41, 5.74) is 1.04. The van der Waals surface area contributed by atoms with Gasteiger partial charge in [0.05, 0.1) is 13.7 Å². The van der Waals surface area contributed by atoms with Crippen LogP contribution in [-0.2, 0) is 13.1 Å². The van der Waals surface area contributed by atoms with Gasteiger partial charge in [0.2, 0.25) is 5.89 Å². The molecule has 0 saturated carbocycles. The second-order valence-electron chi connectivity index (χ2n) is 3.70. The van der Waals surface area contributed by atoms with Crippen molar-refractivity contribution in [2.24, 2.45) is 0 Å². The number of methoxy groups -OCH3 is 1. The highest BCUT2D eigenvalue weighted by Crippen LogP contribution is 2.18. The molecule has 0 aliphatic rings. The van der Waals surface area contributed by atoms with Crippen LogP contribution in [0, 0.1) is 0 Å². The van der Waals surface area contributed by atoms with Crippen LogP contribution in [0.15, 0.2) is 28.7 Å². The minimum atomic E-state index is 0.408. The van der Waals surface area contributed by atoms with E-state index in [0.29, 0.717) is 25.0 Å². The SMILES string of the molecule is CNCc1nnc(NCc2ccccc2OC)o1. The molecule has 0 aliphatic carbocycles. The van der Waals surface area contributed by atoms with E-state index < -0.39 is 0 Å². The van der Waals surface area contributed by atoms with Crippen LogP contribution in [0.5, 0.6) is 5.75 Å². The molecule has 6 heteroatoms. The number of para-hydroxylation sites is 1. The van der Waals surface area contributed by atoms with Gasteiger partial charge in [-0.3, -0.25) is 0 Å². The van der Waals surface area contributed by atoms with Gasteiger partial charge in [-0.2, -0.15) is 0 Å². The number of anilines is 1. The quantitative estimate of drug-likeness (QED) is 0.805. The number of nitrogens with zero attached hydrogens (tertiary/aromatic N) is 2. The van der Waals surface area contributed by atoms with Crippen molar-refractivity contribution in [1.29, 1.82) is 0 Å². The highest BCUT2D eigenvalue weighted by atomic mass is 16.5. The first-order valence-corrected chi connectivity index (χ1v) is 5.66. The van der Waals surface area contributed by atoms with Crippen LogP contribution in [0.1, 0.15) is 11.5 Å². The van der Waals surface area contributed by atoms with E-state index in [1.807, 2.05) is 31.3 Å². The lowest BCUT2D eigenvalue weighted by molar-refractivity contribution is 0.410. The zero-order valence-electron chi connectivity index (χ0n) is 10.4. The maximum Gasteiger partial charge on any atom is 0.315 e. The van der Waals surface area contributed by atoms with Crippen LogP contribution in [-0.4, -0.2) is 24.4 Å². The fraction of sp³-hybridized carbons (Fsp3) is 0.333. The van der Waals surface area contributed by atoms with Crippen LogP contribution in [0.4, 0.5) is 6.01 Å². The Balaban J connectivity index is 1.97. The van der Waals surface area contributed by atoms with E-state index >= 15 is 0 Å². The zero-order valence-corrected chi connectivity index (χ0v) is 10.4. The van der Waals surface area contributed by atoms with Crippen molar-refractivity contribution < 1.29 is 9.15 Å². The third-order valence-corrected chi connectivity index (χ3v) is 2.42. The van der Waals surface area contributed by atoms with Gasteiger partial charge in [0.1, 0.15) is 5.75 Å². The predicted octanol–water partition coefficient (Wildman–Crippen LogP) is 1.41. The van der Waals surface area contributed by atoms with Gasteiger partial charge in [0.25, 0.3) is 0 Å². The van der Waals surface area contributed by atoms with E-state index in [1.54, 1.807) is 7.11 Å². The minimum Gasteiger partial charge on any atom is -0.496 e. The smallest absolute Gasteiger partial charge is 0.315 e. The molecule has 1 aromatic carbocycles. The van der Waals surface area contributed by atoms with E-state index in [-0.39, 0.29) is 0 Å². The molecule has 96 valence electrons. The molecule has 0 saturated heterocycles. The molecule has 0 spiro atoms. The number of benzene rings is 1. The van der Waals surface area contributed by atoms with Gasteiger partial charge in [-0.15, -0.1) is 5.10 Å². The summed E-state index contributed by atoms with van der Waals surface area (Å²) in [5.74, 6) is 1.39. The molecule has 0 amide bonds. The van der Waals surface area contributed by atoms with Gasteiger partial charge in [-0.05, 0) is 13.1 Å². The average molecular weight is 248 g/mol. The summed E-state index contributed by atoms with van der Waals surface area (Å²) in [6.07, 6.45) is 0. The second-order valence-corrected chi connectivity index (χ2v) is 3.70. The summed E-state index contributed by atoms with van der Waals surface area (Å²) in [5, 5.41) is 13.8. The Kier molecular flexibility index (Phi) is 4.14. The number of hydrogen-bond donors (Lipinski definition) is 2. The Labute approximate surface area is 105 Å². The molecule has 18 heavy (non-hydrogen) atoms. The summed E-state index contributed by atoms with van der Waals surface area (Å²) in [4.78, 5) is 0. The van der Waals surface area contributed by atoms with Crippen LogP contribution >= 0.6 is 0 Å². The van der Waals surface area contributed by atoms with Crippen LogP contribution in [0.3, 0.4) is 0 Å². The lowest BCUT2D eigenvalue weighted by Gasteiger charge is -2.07. The number of rotatable bonds is 6. The number of nitrogens with one attached hydrogen (secondary N) is 2. The minimum absolute atomic E-state index is 0.408. The fourth-order valence-electron chi connectivity index (χ4n) is 1.57. The number of aromatic nitrogens is 2. The van der Waals surface area contributed by atoms with E-state index in [1.165, 1.54) is 0 Å². The van der Waals surface area contributed by atoms with Crippen LogP contribution in [0.25, 0.3) is 0 Å². The maximum atomic E-state index is 5.38. The highest BCUT2D eigenvalue weighted by molar-refractivity contribution is 5.35. The van der Waals surface area contributed by atoms with Crippen LogP contribution < -0.4 is 15.4 Å². The van der Waals surface area contributed by atoms with E-state index in [0.717, 1.165) is 11.3 Å². The van der Waals surface area contributed by atoms with Crippen LogP contribution in [0.2, 0.25) is 0 Å². The van der Waals surface area contributed by atoms with Crippen molar-refractivity contribution in [1.82, 2.24) is 15.5 Å². The Bertz CT molecular complexity index is 498. The summed E-state index contributed by atoms with van der Waals surface area (Å²) in [7, 11) is 3.47. The normalized spacial score (nSPS) is 10.3. The number of hydrogen-bond acceptors (Lipinski definition) is 6. The lowest BCUT2D eigenvalue weighted by Crippen LogP contribution is -2.04. The molecule has 1 heterocycles. The van der Waals surface area contributed by atoms with Gasteiger partial charge in [-0.25, -0.2) is 0 Å². The van der Waals surface area contributed by atoms with E-state index in [9.17, 15) is 0 Å². The second kappa shape index (κ2) is 6.02. The van der Waals surface area contributed by atoms with Crippen molar-refractivity contribution in [3.63, 3.8) is 0 Å². The highest BCUT2D eigenvalue weighted by Gasteiger charge is 2.06. The Morgan fingerprint density at radius 2 is 2.06 bits per heavy atom. The topological polar surface area (TPSA) is 72.2 Å². The summed E-state index contributed by atoms with van der Waals surface area (Å²) >= 11 is 0. The Morgan fingerprint density at radius 1 is 1.22 bits per heavy atom. The monoisotopic (exact) mass is 248 g/mol. The first-order valence-electron chi connectivity index (χ1n) is 5.66. The molecule has 1 aromatic heterocycles. The van der Waals surface area contributed by atoms with Gasteiger partial charge >= 0.3 is 6.01 Å². The predicted molar refractivity (Wildman–Crippen MR) is 67.4 cm³/mol. The lowest BCUT2D eigenvalue weighted by atomic mass is 10.2. The molecular weight excluding hydrogens is 232 g/mol. The largest absolute Gasteiger partial charge is 0.496 e. The van der Waals surface area contributed by atoms with Gasteiger partial charge in [0, 0.05) is 12.1 Å². The third kappa shape index (κ3) is 2.98. The molecule has 0 aliphatic heterocycles. The van der Waals surface area contributed by atoms with E-state index in [4.69, 9.17) is 9.15 Å². The first kappa shape index (κ1) is 12.4. The van der Waals surface area contributed by atoms with E-state index in [2.05, 4.69) is 20.8 Å².